The summed E-state index contributed by atoms with van der Waals surface area (Å²) in [6, 6.07) is 16.5. The molecule has 4 rings (SSSR count). The number of amides is 1. The maximum Gasteiger partial charge on any atom is 0.259 e. The second-order valence-corrected chi connectivity index (χ2v) is 9.93. The molecule has 0 unspecified atom stereocenters. The zero-order valence-electron chi connectivity index (χ0n) is 20.0. The summed E-state index contributed by atoms with van der Waals surface area (Å²) in [5.74, 6) is -0.0782. The molecule has 2 saturated heterocycles. The van der Waals surface area contributed by atoms with Gasteiger partial charge in [-0.3, -0.25) is 14.6 Å². The van der Waals surface area contributed by atoms with Gasteiger partial charge in [0.2, 0.25) is 0 Å². The van der Waals surface area contributed by atoms with Crippen molar-refractivity contribution in [1.29, 1.82) is 5.26 Å². The van der Waals surface area contributed by atoms with Crippen molar-refractivity contribution in [2.24, 2.45) is 0 Å². The minimum absolute atomic E-state index is 0.0782. The van der Waals surface area contributed by atoms with Gasteiger partial charge < -0.3 is 9.80 Å². The lowest BCUT2D eigenvalue weighted by atomic mass is 10.0. The molecule has 1 amide bonds. The molecule has 2 heterocycles. The minimum Gasteiger partial charge on any atom is -0.369 e. The second-order valence-electron chi connectivity index (χ2n) is 9.56. The molecule has 0 radical (unpaired) electrons. The highest BCUT2D eigenvalue weighted by Gasteiger charge is 2.50. The van der Waals surface area contributed by atoms with Crippen molar-refractivity contribution < 1.29 is 4.79 Å². The van der Waals surface area contributed by atoms with Gasteiger partial charge in [0.15, 0.2) is 5.11 Å². The number of hydrogen-bond acceptors (Lipinski definition) is 5. The van der Waals surface area contributed by atoms with Crippen LogP contribution < -0.4 is 14.7 Å². The van der Waals surface area contributed by atoms with Crippen molar-refractivity contribution in [1.82, 2.24) is 4.90 Å². The van der Waals surface area contributed by atoms with Crippen molar-refractivity contribution in [2.75, 3.05) is 40.9 Å². The first-order valence-corrected chi connectivity index (χ1v) is 11.8. The molecular weight excluding hydrogens is 430 g/mol. The number of benzene rings is 2. The third-order valence-electron chi connectivity index (χ3n) is 6.77. The Bertz CT molecular complexity index is 1110. The Morgan fingerprint density at radius 1 is 0.970 bits per heavy atom. The molecule has 0 bridgehead atoms. The van der Waals surface area contributed by atoms with Gasteiger partial charge in [0.05, 0.1) is 17.3 Å². The maximum absolute atomic E-state index is 13.4. The predicted molar refractivity (Wildman–Crippen MR) is 138 cm³/mol. The topological polar surface area (TPSA) is 53.8 Å². The molecule has 2 aromatic carbocycles. The van der Waals surface area contributed by atoms with E-state index >= 15 is 0 Å². The third-order valence-corrected chi connectivity index (χ3v) is 7.14. The van der Waals surface area contributed by atoms with Crippen molar-refractivity contribution >= 4 is 40.3 Å². The molecule has 0 atom stereocenters. The van der Waals surface area contributed by atoms with E-state index in [9.17, 15) is 10.1 Å². The third kappa shape index (κ3) is 4.09. The zero-order chi connectivity index (χ0) is 23.9. The van der Waals surface area contributed by atoms with Crippen LogP contribution in [0.4, 0.5) is 17.1 Å². The first-order chi connectivity index (χ1) is 15.6. The van der Waals surface area contributed by atoms with E-state index < -0.39 is 5.54 Å². The minimum atomic E-state index is -0.816. The van der Waals surface area contributed by atoms with E-state index in [2.05, 4.69) is 54.0 Å². The van der Waals surface area contributed by atoms with Crippen LogP contribution in [-0.4, -0.2) is 53.7 Å². The number of rotatable bonds is 4. The SMILES string of the molecule is Cc1cc(N2C(=O)C(C)(C)N(c3ccc(N4CCN(C(C)C)CC4)cc3)C2=S)ccc1C#N. The van der Waals surface area contributed by atoms with E-state index in [0.29, 0.717) is 22.4 Å². The van der Waals surface area contributed by atoms with Crippen molar-refractivity contribution in [2.45, 2.75) is 46.2 Å². The smallest absolute Gasteiger partial charge is 0.259 e. The number of anilines is 3. The first kappa shape index (κ1) is 23.2. The summed E-state index contributed by atoms with van der Waals surface area (Å²) in [7, 11) is 0. The van der Waals surface area contributed by atoms with Crippen LogP contribution in [0.15, 0.2) is 42.5 Å². The molecule has 33 heavy (non-hydrogen) atoms. The van der Waals surface area contributed by atoms with Crippen LogP contribution in [0, 0.1) is 18.3 Å². The highest BCUT2D eigenvalue weighted by atomic mass is 32.1. The van der Waals surface area contributed by atoms with E-state index in [4.69, 9.17) is 12.2 Å². The van der Waals surface area contributed by atoms with Crippen LogP contribution in [-0.2, 0) is 4.79 Å². The summed E-state index contributed by atoms with van der Waals surface area (Å²) in [6.45, 7) is 14.3. The fraction of sp³-hybridized carbons (Fsp3) is 0.423. The van der Waals surface area contributed by atoms with Crippen LogP contribution >= 0.6 is 12.2 Å². The average Bonchev–Trinajstić information content (AvgIpc) is 2.97. The van der Waals surface area contributed by atoms with Gasteiger partial charge in [0.1, 0.15) is 5.54 Å². The van der Waals surface area contributed by atoms with Crippen LogP contribution in [0.5, 0.6) is 0 Å². The van der Waals surface area contributed by atoms with Crippen molar-refractivity contribution in [3.8, 4) is 6.07 Å². The lowest BCUT2D eigenvalue weighted by Crippen LogP contribution is -2.48. The van der Waals surface area contributed by atoms with Crippen molar-refractivity contribution in [3.63, 3.8) is 0 Å². The average molecular weight is 462 g/mol. The largest absolute Gasteiger partial charge is 0.369 e. The van der Waals surface area contributed by atoms with Gasteiger partial charge in [0, 0.05) is 43.6 Å². The molecule has 2 aliphatic heterocycles. The quantitative estimate of drug-likeness (QED) is 0.633. The Balaban J connectivity index is 1.57. The summed E-state index contributed by atoms with van der Waals surface area (Å²) in [4.78, 5) is 21.8. The number of piperazine rings is 1. The number of nitrogens with zero attached hydrogens (tertiary/aromatic N) is 5. The molecule has 0 spiro atoms. The second kappa shape index (κ2) is 8.77. The van der Waals surface area contributed by atoms with Crippen LogP contribution in [0.3, 0.4) is 0 Å². The Hall–Kier alpha value is -2.95. The van der Waals surface area contributed by atoms with Gasteiger partial charge >= 0.3 is 0 Å². The van der Waals surface area contributed by atoms with Crippen LogP contribution in [0.1, 0.15) is 38.8 Å². The first-order valence-electron chi connectivity index (χ1n) is 11.4. The van der Waals surface area contributed by atoms with E-state index in [0.717, 1.165) is 37.4 Å². The van der Waals surface area contributed by atoms with Gasteiger partial charge in [0.25, 0.3) is 5.91 Å². The van der Waals surface area contributed by atoms with Gasteiger partial charge in [-0.25, -0.2) is 0 Å². The Labute approximate surface area is 202 Å². The molecule has 7 heteroatoms. The Morgan fingerprint density at radius 2 is 1.55 bits per heavy atom. The van der Waals surface area contributed by atoms with Gasteiger partial charge in [-0.1, -0.05) is 0 Å². The molecular formula is C26H31N5OS. The lowest BCUT2D eigenvalue weighted by molar-refractivity contribution is -0.120. The summed E-state index contributed by atoms with van der Waals surface area (Å²) in [5, 5.41) is 9.69. The molecule has 0 N–H and O–H groups in total. The summed E-state index contributed by atoms with van der Waals surface area (Å²) in [6.07, 6.45) is 0. The van der Waals surface area contributed by atoms with Gasteiger partial charge in [-0.2, -0.15) is 5.26 Å². The molecule has 0 aromatic heterocycles. The Kier molecular flexibility index (Phi) is 6.17. The number of carbonyl (C=O) groups is 1. The van der Waals surface area contributed by atoms with E-state index in [1.807, 2.05) is 31.7 Å². The number of hydrogen-bond donors (Lipinski definition) is 0. The number of thiocarbonyl (C=S) groups is 1. The normalized spacial score (nSPS) is 18.9. The fourth-order valence-electron chi connectivity index (χ4n) is 4.68. The molecule has 6 nitrogen and oxygen atoms in total. The van der Waals surface area contributed by atoms with E-state index in [-0.39, 0.29) is 5.91 Å². The van der Waals surface area contributed by atoms with Crippen LogP contribution in [0.2, 0.25) is 0 Å². The highest BCUT2D eigenvalue weighted by molar-refractivity contribution is 7.81. The molecule has 2 aliphatic rings. The molecule has 0 saturated carbocycles. The number of aryl methyl sites for hydroxylation is 1. The van der Waals surface area contributed by atoms with Crippen molar-refractivity contribution in [3.05, 3.63) is 53.6 Å². The summed E-state index contributed by atoms with van der Waals surface area (Å²) >= 11 is 5.80. The summed E-state index contributed by atoms with van der Waals surface area (Å²) < 4.78 is 0. The predicted octanol–water partition coefficient (Wildman–Crippen LogP) is 4.31. The fourth-order valence-corrected chi connectivity index (χ4v) is 5.20. The molecule has 2 aromatic rings. The molecule has 2 fully saturated rings. The highest BCUT2D eigenvalue weighted by Crippen LogP contribution is 2.37. The number of nitriles is 1. The van der Waals surface area contributed by atoms with E-state index in [1.54, 1.807) is 17.0 Å². The molecule has 172 valence electrons. The lowest BCUT2D eigenvalue weighted by Gasteiger charge is -2.38. The molecule has 0 aliphatic carbocycles. The Morgan fingerprint density at radius 3 is 2.09 bits per heavy atom. The summed E-state index contributed by atoms with van der Waals surface area (Å²) in [5.41, 5.74) is 3.38. The number of carbonyl (C=O) groups excluding carboxylic acids is 1. The van der Waals surface area contributed by atoms with Crippen LogP contribution in [0.25, 0.3) is 0 Å². The van der Waals surface area contributed by atoms with Gasteiger partial charge in [-0.05, 0) is 94.9 Å². The van der Waals surface area contributed by atoms with E-state index in [1.165, 1.54) is 5.69 Å². The maximum atomic E-state index is 13.4. The monoisotopic (exact) mass is 461 g/mol. The van der Waals surface area contributed by atoms with Gasteiger partial charge in [-0.15, -0.1) is 0 Å². The zero-order valence-corrected chi connectivity index (χ0v) is 20.8. The standard InChI is InChI=1S/C26H31N5OS/c1-18(2)28-12-14-29(15-13-28)21-8-10-22(11-9-21)31-25(33)30(24(32)26(31,4)5)23-7-6-20(17-27)19(3)16-23/h6-11,16,18H,12-15H2,1-5H3.